The summed E-state index contributed by atoms with van der Waals surface area (Å²) < 4.78 is 71.4. The Morgan fingerprint density at radius 2 is 0.736 bits per heavy atom. The topological polar surface area (TPSA) is 171 Å². The van der Waals surface area contributed by atoms with Gasteiger partial charge in [-0.25, -0.2) is 14.4 Å². The van der Waals surface area contributed by atoms with Gasteiger partial charge in [-0.3, -0.25) is 0 Å². The average molecular weight is 747 g/mol. The zero-order valence-corrected chi connectivity index (χ0v) is 31.7. The quantitative estimate of drug-likeness (QED) is 0.111. The Balaban J connectivity index is 2.01. The highest BCUT2D eigenvalue weighted by molar-refractivity contribution is 5.97. The zero-order valence-electron chi connectivity index (χ0n) is 31.7. The number of carbonyl (C=O) groups excluding carboxylic acids is 3. The number of hydrogen-bond donors (Lipinski definition) is 0. The van der Waals surface area contributed by atoms with Gasteiger partial charge in [-0.1, -0.05) is 6.92 Å². The summed E-state index contributed by atoms with van der Waals surface area (Å²) in [7, 11) is 14.0. The standard InChI is InChI=1S/C37H46O16/c1-12-37(18-51-34(38)21-13-24(42-3)30(47-8)25(14-21)43-4,19-52-35(39)22-15-26(44-5)31(48-9)27(16-22)45-6)20-53-36(40)29-23(41-2)17-28(46-7)32(49-10)33(29)50-11/h13-17H,12,18-20H2,1-11H3. The minimum atomic E-state index is -1.28. The summed E-state index contributed by atoms with van der Waals surface area (Å²) in [5.41, 5.74) is -1.22. The van der Waals surface area contributed by atoms with Crippen molar-refractivity contribution in [2.24, 2.45) is 5.41 Å². The monoisotopic (exact) mass is 746 g/mol. The molecule has 0 saturated carbocycles. The molecule has 0 radical (unpaired) electrons. The van der Waals surface area contributed by atoms with E-state index in [1.165, 1.54) is 101 Å². The Bertz CT molecular complexity index is 1620. The summed E-state index contributed by atoms with van der Waals surface area (Å²) >= 11 is 0. The van der Waals surface area contributed by atoms with Gasteiger partial charge >= 0.3 is 17.9 Å². The lowest BCUT2D eigenvalue weighted by Crippen LogP contribution is -2.39. The predicted octanol–water partition coefficient (Wildman–Crippen LogP) is 5.04. The Hall–Kier alpha value is -5.93. The summed E-state index contributed by atoms with van der Waals surface area (Å²) in [4.78, 5) is 40.7. The first kappa shape index (κ1) is 41.5. The van der Waals surface area contributed by atoms with E-state index in [1.54, 1.807) is 6.92 Å². The fourth-order valence-corrected chi connectivity index (χ4v) is 5.21. The van der Waals surface area contributed by atoms with Crippen molar-refractivity contribution >= 4 is 17.9 Å². The lowest BCUT2D eigenvalue weighted by atomic mass is 9.88. The van der Waals surface area contributed by atoms with Crippen molar-refractivity contribution in [1.29, 1.82) is 0 Å². The summed E-state index contributed by atoms with van der Waals surface area (Å²) in [5, 5.41) is 0. The Morgan fingerprint density at radius 1 is 0.415 bits per heavy atom. The fourth-order valence-electron chi connectivity index (χ4n) is 5.21. The van der Waals surface area contributed by atoms with Gasteiger partial charge in [-0.05, 0) is 30.7 Å². The number of hydrogen-bond acceptors (Lipinski definition) is 16. The molecule has 0 atom stereocenters. The van der Waals surface area contributed by atoms with E-state index in [1.807, 2.05) is 0 Å². The molecule has 0 spiro atoms. The van der Waals surface area contributed by atoms with Gasteiger partial charge < -0.3 is 61.6 Å². The van der Waals surface area contributed by atoms with Crippen LogP contribution >= 0.6 is 0 Å². The van der Waals surface area contributed by atoms with Gasteiger partial charge in [0, 0.05) is 6.07 Å². The summed E-state index contributed by atoms with van der Waals surface area (Å²) in [6, 6.07) is 7.16. The molecule has 0 amide bonds. The third-order valence-corrected chi connectivity index (χ3v) is 8.30. The average Bonchev–Trinajstić information content (AvgIpc) is 3.20. The van der Waals surface area contributed by atoms with E-state index in [4.69, 9.17) is 61.6 Å². The SMILES string of the molecule is CCC(COC(=O)c1cc(OC)c(OC)c(OC)c1)(COC(=O)c1cc(OC)c(OC)c(OC)c1)COC(=O)c1c(OC)cc(OC)c(OC)c1OC. The first-order chi connectivity index (χ1) is 25.5. The highest BCUT2D eigenvalue weighted by Gasteiger charge is 2.37. The van der Waals surface area contributed by atoms with Crippen molar-refractivity contribution in [3.8, 4) is 57.5 Å². The normalized spacial score (nSPS) is 10.7. The van der Waals surface area contributed by atoms with Crippen molar-refractivity contribution in [2.75, 3.05) is 90.9 Å². The van der Waals surface area contributed by atoms with Crippen LogP contribution in [0.3, 0.4) is 0 Å². The third-order valence-electron chi connectivity index (χ3n) is 8.30. The number of esters is 3. The number of carbonyl (C=O) groups is 3. The molecule has 0 heterocycles. The van der Waals surface area contributed by atoms with Crippen molar-refractivity contribution < 1.29 is 76.0 Å². The van der Waals surface area contributed by atoms with E-state index in [-0.39, 0.29) is 93.8 Å². The molecule has 53 heavy (non-hydrogen) atoms. The third kappa shape index (κ3) is 9.12. The molecule has 3 aromatic rings. The molecule has 0 aliphatic heterocycles. The van der Waals surface area contributed by atoms with Crippen LogP contribution in [0.1, 0.15) is 44.4 Å². The van der Waals surface area contributed by atoms with E-state index in [0.717, 1.165) is 0 Å². The van der Waals surface area contributed by atoms with Gasteiger partial charge in [-0.15, -0.1) is 0 Å². The maximum Gasteiger partial charge on any atom is 0.345 e. The summed E-state index contributed by atoms with van der Waals surface area (Å²) in [6.45, 7) is 0.629. The fraction of sp³-hybridized carbons (Fsp3) is 0.432. The zero-order chi connectivity index (χ0) is 39.3. The molecule has 0 aliphatic carbocycles. The molecule has 0 unspecified atom stereocenters. The Morgan fingerprint density at radius 3 is 1.04 bits per heavy atom. The molecule has 3 aromatic carbocycles. The smallest absolute Gasteiger partial charge is 0.345 e. The van der Waals surface area contributed by atoms with Crippen molar-refractivity contribution in [2.45, 2.75) is 13.3 Å². The largest absolute Gasteiger partial charge is 0.496 e. The number of ether oxygens (including phenoxy) is 13. The van der Waals surface area contributed by atoms with Crippen LogP contribution < -0.4 is 47.4 Å². The minimum Gasteiger partial charge on any atom is -0.496 e. The van der Waals surface area contributed by atoms with Crippen LogP contribution in [0.2, 0.25) is 0 Å². The highest BCUT2D eigenvalue weighted by Crippen LogP contribution is 2.46. The second kappa shape index (κ2) is 19.1. The lowest BCUT2D eigenvalue weighted by molar-refractivity contribution is -0.0383. The first-order valence-corrected chi connectivity index (χ1v) is 16.0. The van der Waals surface area contributed by atoms with Crippen molar-refractivity contribution in [3.63, 3.8) is 0 Å². The molecule has 0 aromatic heterocycles. The van der Waals surface area contributed by atoms with Crippen LogP contribution in [0.5, 0.6) is 57.5 Å². The van der Waals surface area contributed by atoms with E-state index in [2.05, 4.69) is 0 Å². The van der Waals surface area contributed by atoms with E-state index in [9.17, 15) is 14.4 Å². The molecule has 0 aliphatic rings. The predicted molar refractivity (Wildman–Crippen MR) is 188 cm³/mol. The maximum absolute atomic E-state index is 13.8. The van der Waals surface area contributed by atoms with Crippen LogP contribution in [0.15, 0.2) is 30.3 Å². The molecule has 0 saturated heterocycles. The van der Waals surface area contributed by atoms with Crippen LogP contribution in [0.25, 0.3) is 0 Å². The Labute approximate surface area is 307 Å². The molecule has 0 fully saturated rings. The minimum absolute atomic E-state index is 0.00143. The Kier molecular flexibility index (Phi) is 14.9. The number of methoxy groups -OCH3 is 10. The number of rotatable bonds is 20. The summed E-state index contributed by atoms with van der Waals surface area (Å²) in [6.07, 6.45) is 0.200. The van der Waals surface area contributed by atoms with Gasteiger partial charge in [0.2, 0.25) is 17.2 Å². The van der Waals surface area contributed by atoms with Crippen LogP contribution in [-0.2, 0) is 14.2 Å². The molecule has 290 valence electrons. The first-order valence-electron chi connectivity index (χ1n) is 16.0. The molecular weight excluding hydrogens is 700 g/mol. The van der Waals surface area contributed by atoms with Gasteiger partial charge in [0.1, 0.15) is 31.1 Å². The van der Waals surface area contributed by atoms with Gasteiger partial charge in [0.25, 0.3) is 0 Å². The van der Waals surface area contributed by atoms with Crippen LogP contribution in [-0.4, -0.2) is 109 Å². The van der Waals surface area contributed by atoms with Crippen LogP contribution in [0.4, 0.5) is 0 Å². The van der Waals surface area contributed by atoms with Gasteiger partial charge in [-0.2, -0.15) is 0 Å². The van der Waals surface area contributed by atoms with Crippen molar-refractivity contribution in [3.05, 3.63) is 47.0 Å². The highest BCUT2D eigenvalue weighted by atomic mass is 16.6. The van der Waals surface area contributed by atoms with E-state index in [0.29, 0.717) is 0 Å². The number of benzene rings is 3. The van der Waals surface area contributed by atoms with E-state index >= 15 is 0 Å². The van der Waals surface area contributed by atoms with Crippen molar-refractivity contribution in [1.82, 2.24) is 0 Å². The molecule has 3 rings (SSSR count). The molecule has 16 nitrogen and oxygen atoms in total. The maximum atomic E-state index is 13.8. The molecule has 0 N–H and O–H groups in total. The van der Waals surface area contributed by atoms with Crippen LogP contribution in [0, 0.1) is 5.41 Å². The second-order valence-electron chi connectivity index (χ2n) is 11.1. The van der Waals surface area contributed by atoms with Gasteiger partial charge in [0.15, 0.2) is 34.5 Å². The van der Waals surface area contributed by atoms with Gasteiger partial charge in [0.05, 0.1) is 87.6 Å². The van der Waals surface area contributed by atoms with E-state index < -0.39 is 29.9 Å². The summed E-state index contributed by atoms with van der Waals surface area (Å²) in [5.74, 6) is -0.489. The lowest BCUT2D eigenvalue weighted by Gasteiger charge is -2.31. The molecular formula is C37H46O16. The molecule has 16 heteroatoms. The molecule has 0 bridgehead atoms. The second-order valence-corrected chi connectivity index (χ2v) is 11.1.